The van der Waals surface area contributed by atoms with Gasteiger partial charge in [-0.05, 0) is 12.1 Å². The number of H-pyrrole nitrogens is 1. The van der Waals surface area contributed by atoms with E-state index in [0.717, 1.165) is 6.07 Å². The summed E-state index contributed by atoms with van der Waals surface area (Å²) in [5.41, 5.74) is 4.87. The maximum Gasteiger partial charge on any atom is 0.354 e. The Morgan fingerprint density at radius 3 is 2.82 bits per heavy atom. The smallest absolute Gasteiger partial charge is 0.354 e. The number of anilines is 1. The molecule has 0 atom stereocenters. The molecule has 0 spiro atoms. The van der Waals surface area contributed by atoms with Gasteiger partial charge in [-0.1, -0.05) is 17.7 Å². The van der Waals surface area contributed by atoms with Gasteiger partial charge in [-0.2, -0.15) is 0 Å². The van der Waals surface area contributed by atoms with E-state index >= 15 is 0 Å². The number of carbonyl (C=O) groups is 1. The number of halogens is 2. The number of hydrogen-bond acceptors (Lipinski definition) is 3. The van der Waals surface area contributed by atoms with Crippen LogP contribution < -0.4 is 5.73 Å². The number of nitrogens with zero attached hydrogens (tertiary/aromatic N) is 1. The molecule has 1 aromatic carbocycles. The topological polar surface area (TPSA) is 92.0 Å². The zero-order chi connectivity index (χ0) is 12.6. The summed E-state index contributed by atoms with van der Waals surface area (Å²) in [6.45, 7) is 0. The molecule has 1 aromatic heterocycles. The summed E-state index contributed by atoms with van der Waals surface area (Å²) in [7, 11) is 0. The quantitative estimate of drug-likeness (QED) is 0.767. The lowest BCUT2D eigenvalue weighted by molar-refractivity contribution is 0.0692. The fourth-order valence-corrected chi connectivity index (χ4v) is 1.70. The molecule has 0 saturated heterocycles. The first-order valence-corrected chi connectivity index (χ1v) is 4.91. The number of nitrogen functional groups attached to an aromatic ring is 1. The van der Waals surface area contributed by atoms with Gasteiger partial charge >= 0.3 is 5.97 Å². The molecular formula is C10H7ClFN3O2. The van der Waals surface area contributed by atoms with Crippen LogP contribution in [-0.2, 0) is 0 Å². The average molecular weight is 256 g/mol. The van der Waals surface area contributed by atoms with E-state index in [-0.39, 0.29) is 27.9 Å². The Balaban J connectivity index is 2.72. The lowest BCUT2D eigenvalue weighted by atomic mass is 10.1. The van der Waals surface area contributed by atoms with Crippen LogP contribution in [0.3, 0.4) is 0 Å². The van der Waals surface area contributed by atoms with Crippen molar-refractivity contribution in [1.29, 1.82) is 0 Å². The molecule has 0 aliphatic carbocycles. The second-order valence-corrected chi connectivity index (χ2v) is 3.65. The molecular weight excluding hydrogens is 249 g/mol. The zero-order valence-electron chi connectivity index (χ0n) is 8.37. The van der Waals surface area contributed by atoms with Crippen molar-refractivity contribution in [1.82, 2.24) is 9.97 Å². The molecule has 0 aliphatic rings. The maximum atomic E-state index is 13.6. The third-order valence-corrected chi connectivity index (χ3v) is 2.45. The van der Waals surface area contributed by atoms with E-state index in [4.69, 9.17) is 22.4 Å². The number of nitrogens with two attached hydrogens (primary N) is 1. The number of rotatable bonds is 2. The number of aromatic amines is 1. The molecule has 0 saturated carbocycles. The predicted molar refractivity (Wildman–Crippen MR) is 60.4 cm³/mol. The number of benzene rings is 1. The van der Waals surface area contributed by atoms with Crippen molar-refractivity contribution in [2.75, 3.05) is 5.73 Å². The minimum Gasteiger partial charge on any atom is -0.477 e. The maximum absolute atomic E-state index is 13.6. The Bertz CT molecular complexity index is 577. The summed E-state index contributed by atoms with van der Waals surface area (Å²) < 4.78 is 13.6. The minimum atomic E-state index is -1.29. The summed E-state index contributed by atoms with van der Waals surface area (Å²) >= 11 is 5.82. The van der Waals surface area contributed by atoms with Gasteiger partial charge in [0, 0.05) is 0 Å². The summed E-state index contributed by atoms with van der Waals surface area (Å²) in [6.07, 6.45) is 0. The van der Waals surface area contributed by atoms with Crippen LogP contribution in [0.2, 0.25) is 5.02 Å². The molecule has 0 unspecified atom stereocenters. The van der Waals surface area contributed by atoms with Crippen LogP contribution in [0, 0.1) is 5.82 Å². The number of hydrogen-bond donors (Lipinski definition) is 3. The summed E-state index contributed by atoms with van der Waals surface area (Å²) in [5, 5.41) is 9.00. The van der Waals surface area contributed by atoms with Crippen molar-refractivity contribution in [2.45, 2.75) is 0 Å². The fourth-order valence-electron chi connectivity index (χ4n) is 1.45. The van der Waals surface area contributed by atoms with Crippen LogP contribution in [-0.4, -0.2) is 21.0 Å². The van der Waals surface area contributed by atoms with Gasteiger partial charge < -0.3 is 15.8 Å². The first kappa shape index (κ1) is 11.4. The Kier molecular flexibility index (Phi) is 2.72. The van der Waals surface area contributed by atoms with E-state index in [1.807, 2.05) is 0 Å². The Morgan fingerprint density at radius 1 is 1.53 bits per heavy atom. The molecule has 0 radical (unpaired) electrons. The van der Waals surface area contributed by atoms with Crippen molar-refractivity contribution in [3.63, 3.8) is 0 Å². The normalized spacial score (nSPS) is 10.5. The molecule has 17 heavy (non-hydrogen) atoms. The van der Waals surface area contributed by atoms with Crippen LogP contribution in [0.5, 0.6) is 0 Å². The highest BCUT2D eigenvalue weighted by Crippen LogP contribution is 2.31. The predicted octanol–water partition coefficient (Wildman–Crippen LogP) is 2.15. The Hall–Kier alpha value is -2.08. The molecule has 0 aliphatic heterocycles. The van der Waals surface area contributed by atoms with Crippen LogP contribution in [0.1, 0.15) is 10.5 Å². The van der Waals surface area contributed by atoms with E-state index < -0.39 is 11.8 Å². The average Bonchev–Trinajstić information content (AvgIpc) is 2.60. The van der Waals surface area contributed by atoms with Gasteiger partial charge in [-0.25, -0.2) is 14.2 Å². The van der Waals surface area contributed by atoms with E-state index in [1.165, 1.54) is 12.1 Å². The molecule has 5 nitrogen and oxygen atoms in total. The van der Waals surface area contributed by atoms with Gasteiger partial charge in [0.15, 0.2) is 11.6 Å². The number of imidazole rings is 1. The molecule has 7 heteroatoms. The molecule has 1 heterocycles. The van der Waals surface area contributed by atoms with Crippen LogP contribution >= 0.6 is 11.6 Å². The lowest BCUT2D eigenvalue weighted by Crippen LogP contribution is -2.00. The number of aromatic nitrogens is 2. The van der Waals surface area contributed by atoms with Crippen molar-refractivity contribution < 1.29 is 14.3 Å². The highest BCUT2D eigenvalue weighted by molar-refractivity contribution is 6.33. The van der Waals surface area contributed by atoms with Crippen LogP contribution in [0.15, 0.2) is 18.2 Å². The monoisotopic (exact) mass is 255 g/mol. The number of aromatic carboxylic acids is 1. The van der Waals surface area contributed by atoms with Gasteiger partial charge in [0.25, 0.3) is 0 Å². The third kappa shape index (κ3) is 1.94. The van der Waals surface area contributed by atoms with E-state index in [9.17, 15) is 9.18 Å². The molecule has 2 aromatic rings. The van der Waals surface area contributed by atoms with Crippen molar-refractivity contribution >= 4 is 23.5 Å². The molecule has 0 fully saturated rings. The standard InChI is InChI=1S/C10H7ClFN3O2/c11-4-2-1-3-5(12)6(4)7-8(9(16)17)15-10(13)14-7/h1-3H,(H,16,17)(H3,13,14,15). The Labute approximate surface area is 100 Å². The first-order chi connectivity index (χ1) is 8.00. The Morgan fingerprint density at radius 2 is 2.24 bits per heavy atom. The van der Waals surface area contributed by atoms with Gasteiger partial charge in [-0.15, -0.1) is 0 Å². The second kappa shape index (κ2) is 4.06. The van der Waals surface area contributed by atoms with Gasteiger partial charge in [0.05, 0.1) is 10.6 Å². The van der Waals surface area contributed by atoms with Gasteiger partial charge in [0.1, 0.15) is 11.5 Å². The van der Waals surface area contributed by atoms with E-state index in [0.29, 0.717) is 0 Å². The van der Waals surface area contributed by atoms with Gasteiger partial charge in [-0.3, -0.25) is 0 Å². The molecule has 2 rings (SSSR count). The minimum absolute atomic E-state index is 0.0685. The largest absolute Gasteiger partial charge is 0.477 e. The molecule has 0 bridgehead atoms. The summed E-state index contributed by atoms with van der Waals surface area (Å²) in [6, 6.07) is 4.02. The van der Waals surface area contributed by atoms with E-state index in [1.54, 1.807) is 0 Å². The zero-order valence-corrected chi connectivity index (χ0v) is 9.12. The lowest BCUT2D eigenvalue weighted by Gasteiger charge is -2.03. The number of nitrogens with one attached hydrogen (secondary N) is 1. The summed E-state index contributed by atoms with van der Waals surface area (Å²) in [4.78, 5) is 17.0. The molecule has 88 valence electrons. The second-order valence-electron chi connectivity index (χ2n) is 3.25. The first-order valence-electron chi connectivity index (χ1n) is 4.54. The van der Waals surface area contributed by atoms with Gasteiger partial charge in [0.2, 0.25) is 0 Å². The number of carboxylic acid groups (broad SMARTS) is 1. The summed E-state index contributed by atoms with van der Waals surface area (Å²) in [5.74, 6) is -2.06. The van der Waals surface area contributed by atoms with Crippen molar-refractivity contribution in [3.8, 4) is 11.3 Å². The van der Waals surface area contributed by atoms with Crippen LogP contribution in [0.25, 0.3) is 11.3 Å². The fraction of sp³-hybridized carbons (Fsp3) is 0. The van der Waals surface area contributed by atoms with Crippen molar-refractivity contribution in [3.05, 3.63) is 34.7 Å². The van der Waals surface area contributed by atoms with Crippen molar-refractivity contribution in [2.24, 2.45) is 0 Å². The van der Waals surface area contributed by atoms with E-state index in [2.05, 4.69) is 9.97 Å². The van der Waals surface area contributed by atoms with Crippen LogP contribution in [0.4, 0.5) is 10.3 Å². The third-order valence-electron chi connectivity index (χ3n) is 2.14. The highest BCUT2D eigenvalue weighted by Gasteiger charge is 2.21. The highest BCUT2D eigenvalue weighted by atomic mass is 35.5. The molecule has 0 amide bonds. The number of carboxylic acids is 1. The molecule has 4 N–H and O–H groups in total. The SMILES string of the molecule is Nc1nc(-c2c(F)cccc2Cl)c(C(=O)O)[nH]1.